The molecule has 20 heavy (non-hydrogen) atoms. The minimum absolute atomic E-state index is 0.0382. The number of rotatable bonds is 4. The van der Waals surface area contributed by atoms with Gasteiger partial charge in [0.1, 0.15) is 6.26 Å². The van der Waals surface area contributed by atoms with Crippen molar-refractivity contribution in [3.05, 3.63) is 53.4 Å². The predicted octanol–water partition coefficient (Wildman–Crippen LogP) is 1.22. The van der Waals surface area contributed by atoms with Crippen molar-refractivity contribution in [3.8, 4) is 0 Å². The molecule has 2 aromatic rings. The molecule has 1 amide bonds. The number of carbonyl (C=O) groups excluding carboxylic acids is 1. The summed E-state index contributed by atoms with van der Waals surface area (Å²) < 4.78 is 4.71. The van der Waals surface area contributed by atoms with Gasteiger partial charge in [-0.05, 0) is 24.1 Å². The lowest BCUT2D eigenvalue weighted by Crippen LogP contribution is -2.39. The van der Waals surface area contributed by atoms with Crippen LogP contribution in [0.25, 0.3) is 0 Å². The minimum Gasteiger partial charge on any atom is -0.364 e. The number of nitrogens with zero attached hydrogens (tertiary/aromatic N) is 1. The molecule has 0 saturated heterocycles. The molecule has 0 spiro atoms. The van der Waals surface area contributed by atoms with Crippen molar-refractivity contribution in [3.63, 3.8) is 0 Å². The van der Waals surface area contributed by atoms with E-state index >= 15 is 0 Å². The van der Waals surface area contributed by atoms with Crippen LogP contribution in [-0.2, 0) is 17.6 Å². The molecule has 0 saturated carbocycles. The van der Waals surface area contributed by atoms with Crippen LogP contribution in [0.15, 0.2) is 41.1 Å². The Hall–Kier alpha value is -2.14. The lowest BCUT2D eigenvalue weighted by atomic mass is 9.94. The SMILES string of the molecule is O=C(Cc1ccon1)NCC1NCCc2ccccc21. The Morgan fingerprint density at radius 2 is 2.30 bits per heavy atom. The summed E-state index contributed by atoms with van der Waals surface area (Å²) in [6.07, 6.45) is 2.77. The first-order valence-corrected chi connectivity index (χ1v) is 6.80. The molecule has 1 aromatic carbocycles. The molecule has 0 radical (unpaired) electrons. The highest BCUT2D eigenvalue weighted by Gasteiger charge is 2.19. The highest BCUT2D eigenvalue weighted by molar-refractivity contribution is 5.78. The van der Waals surface area contributed by atoms with Crippen LogP contribution >= 0.6 is 0 Å². The minimum atomic E-state index is -0.0382. The normalized spacial score (nSPS) is 17.5. The molecule has 1 atom stereocenters. The van der Waals surface area contributed by atoms with Gasteiger partial charge in [-0.2, -0.15) is 0 Å². The largest absolute Gasteiger partial charge is 0.364 e. The van der Waals surface area contributed by atoms with E-state index in [1.165, 1.54) is 17.4 Å². The smallest absolute Gasteiger partial charge is 0.226 e. The second kappa shape index (κ2) is 5.88. The quantitative estimate of drug-likeness (QED) is 0.877. The van der Waals surface area contributed by atoms with E-state index < -0.39 is 0 Å². The topological polar surface area (TPSA) is 67.2 Å². The first kappa shape index (κ1) is 12.9. The van der Waals surface area contributed by atoms with Gasteiger partial charge in [-0.25, -0.2) is 0 Å². The summed E-state index contributed by atoms with van der Waals surface area (Å²) in [5.74, 6) is -0.0382. The summed E-state index contributed by atoms with van der Waals surface area (Å²) >= 11 is 0. The van der Waals surface area contributed by atoms with Crippen LogP contribution in [0.2, 0.25) is 0 Å². The lowest BCUT2D eigenvalue weighted by molar-refractivity contribution is -0.120. The van der Waals surface area contributed by atoms with Crippen molar-refractivity contribution in [1.82, 2.24) is 15.8 Å². The molecular weight excluding hydrogens is 254 g/mol. The molecule has 1 aliphatic rings. The van der Waals surface area contributed by atoms with E-state index in [-0.39, 0.29) is 18.4 Å². The fourth-order valence-electron chi connectivity index (χ4n) is 2.55. The Morgan fingerprint density at radius 1 is 1.40 bits per heavy atom. The van der Waals surface area contributed by atoms with Crippen LogP contribution < -0.4 is 10.6 Å². The molecule has 0 bridgehead atoms. The summed E-state index contributed by atoms with van der Waals surface area (Å²) in [5, 5.41) is 10.1. The van der Waals surface area contributed by atoms with E-state index in [2.05, 4.69) is 34.0 Å². The molecule has 5 nitrogen and oxygen atoms in total. The van der Waals surface area contributed by atoms with Crippen LogP contribution in [0.1, 0.15) is 22.9 Å². The molecule has 3 rings (SSSR count). The van der Waals surface area contributed by atoms with E-state index in [4.69, 9.17) is 4.52 Å². The van der Waals surface area contributed by atoms with Gasteiger partial charge in [-0.15, -0.1) is 0 Å². The number of aromatic nitrogens is 1. The van der Waals surface area contributed by atoms with Gasteiger partial charge in [-0.3, -0.25) is 4.79 Å². The first-order valence-electron chi connectivity index (χ1n) is 6.80. The standard InChI is InChI=1S/C15H17N3O2/c19-15(9-12-6-8-20-18-12)17-10-14-13-4-2-1-3-11(13)5-7-16-14/h1-4,6,8,14,16H,5,7,9-10H2,(H,17,19). The zero-order chi connectivity index (χ0) is 13.8. The van der Waals surface area contributed by atoms with E-state index in [0.717, 1.165) is 13.0 Å². The Labute approximate surface area is 117 Å². The maximum atomic E-state index is 11.8. The van der Waals surface area contributed by atoms with Gasteiger partial charge in [0.2, 0.25) is 5.91 Å². The highest BCUT2D eigenvalue weighted by atomic mass is 16.5. The van der Waals surface area contributed by atoms with Gasteiger partial charge >= 0.3 is 0 Å². The molecule has 1 aromatic heterocycles. The Kier molecular flexibility index (Phi) is 3.78. The van der Waals surface area contributed by atoms with Crippen LogP contribution in [0.4, 0.5) is 0 Å². The van der Waals surface area contributed by atoms with Crippen molar-refractivity contribution >= 4 is 5.91 Å². The average molecular weight is 271 g/mol. The van der Waals surface area contributed by atoms with Gasteiger partial charge in [0.05, 0.1) is 12.1 Å². The molecule has 1 unspecified atom stereocenters. The molecule has 2 N–H and O–H groups in total. The average Bonchev–Trinajstić information content (AvgIpc) is 2.98. The number of fused-ring (bicyclic) bond motifs is 1. The molecule has 104 valence electrons. The van der Waals surface area contributed by atoms with E-state index in [9.17, 15) is 4.79 Å². The zero-order valence-corrected chi connectivity index (χ0v) is 11.1. The van der Waals surface area contributed by atoms with Crippen molar-refractivity contribution in [1.29, 1.82) is 0 Å². The monoisotopic (exact) mass is 271 g/mol. The highest BCUT2D eigenvalue weighted by Crippen LogP contribution is 2.21. The Morgan fingerprint density at radius 3 is 3.15 bits per heavy atom. The maximum absolute atomic E-state index is 11.8. The summed E-state index contributed by atoms with van der Waals surface area (Å²) in [4.78, 5) is 11.8. The number of nitrogens with one attached hydrogen (secondary N) is 2. The Bertz CT molecular complexity index is 581. The zero-order valence-electron chi connectivity index (χ0n) is 11.1. The number of benzene rings is 1. The van der Waals surface area contributed by atoms with Crippen LogP contribution in [0.5, 0.6) is 0 Å². The molecule has 1 aliphatic heterocycles. The fraction of sp³-hybridized carbons (Fsp3) is 0.333. The third kappa shape index (κ3) is 2.88. The molecule has 0 aliphatic carbocycles. The third-order valence-corrected chi connectivity index (χ3v) is 3.55. The summed E-state index contributed by atoms with van der Waals surface area (Å²) in [5.41, 5.74) is 3.29. The molecule has 2 heterocycles. The van der Waals surface area contributed by atoms with Gasteiger partial charge in [0, 0.05) is 18.7 Å². The first-order chi connectivity index (χ1) is 9.83. The number of carbonyl (C=O) groups is 1. The Balaban J connectivity index is 1.58. The van der Waals surface area contributed by atoms with Gasteiger partial charge in [-0.1, -0.05) is 29.4 Å². The summed E-state index contributed by atoms with van der Waals surface area (Å²) in [6.45, 7) is 1.54. The summed E-state index contributed by atoms with van der Waals surface area (Å²) in [6, 6.07) is 10.3. The van der Waals surface area contributed by atoms with Gasteiger partial charge in [0.25, 0.3) is 0 Å². The van der Waals surface area contributed by atoms with E-state index in [0.29, 0.717) is 12.2 Å². The molecule has 5 heteroatoms. The van der Waals surface area contributed by atoms with E-state index in [1.54, 1.807) is 6.07 Å². The van der Waals surface area contributed by atoms with Gasteiger partial charge in [0.15, 0.2) is 0 Å². The van der Waals surface area contributed by atoms with Crippen LogP contribution in [0.3, 0.4) is 0 Å². The van der Waals surface area contributed by atoms with Crippen molar-refractivity contribution in [2.45, 2.75) is 18.9 Å². The van der Waals surface area contributed by atoms with Crippen LogP contribution in [0, 0.1) is 0 Å². The van der Waals surface area contributed by atoms with Crippen molar-refractivity contribution in [2.75, 3.05) is 13.1 Å². The van der Waals surface area contributed by atoms with E-state index in [1.807, 2.05) is 6.07 Å². The fourth-order valence-corrected chi connectivity index (χ4v) is 2.55. The van der Waals surface area contributed by atoms with Crippen molar-refractivity contribution < 1.29 is 9.32 Å². The second-order valence-corrected chi connectivity index (χ2v) is 4.93. The second-order valence-electron chi connectivity index (χ2n) is 4.93. The lowest BCUT2D eigenvalue weighted by Gasteiger charge is -2.27. The predicted molar refractivity (Wildman–Crippen MR) is 74.1 cm³/mol. The van der Waals surface area contributed by atoms with Crippen LogP contribution in [-0.4, -0.2) is 24.2 Å². The molecular formula is C15H17N3O2. The number of amides is 1. The third-order valence-electron chi connectivity index (χ3n) is 3.55. The summed E-state index contributed by atoms with van der Waals surface area (Å²) in [7, 11) is 0. The van der Waals surface area contributed by atoms with Gasteiger partial charge < -0.3 is 15.2 Å². The number of hydrogen-bond acceptors (Lipinski definition) is 4. The molecule has 0 fully saturated rings. The number of hydrogen-bond donors (Lipinski definition) is 2. The van der Waals surface area contributed by atoms with Crippen molar-refractivity contribution in [2.24, 2.45) is 0 Å². The maximum Gasteiger partial charge on any atom is 0.226 e.